The first-order valence-electron chi connectivity index (χ1n) is 11.7. The zero-order valence-corrected chi connectivity index (χ0v) is 19.8. The van der Waals surface area contributed by atoms with Crippen LogP contribution in [-0.2, 0) is 18.4 Å². The van der Waals surface area contributed by atoms with Gasteiger partial charge in [0.1, 0.15) is 17.2 Å². The quantitative estimate of drug-likeness (QED) is 0.443. The summed E-state index contributed by atoms with van der Waals surface area (Å²) < 4.78 is 0. The van der Waals surface area contributed by atoms with Crippen LogP contribution in [0.4, 0.5) is 23.3 Å². The van der Waals surface area contributed by atoms with Crippen LogP contribution in [0.5, 0.6) is 0 Å². The number of nitrogens with one attached hydrogen (secondary N) is 4. The Balaban J connectivity index is 1.44. The summed E-state index contributed by atoms with van der Waals surface area (Å²) in [6.45, 7) is 8.10. The second-order valence-corrected chi connectivity index (χ2v) is 9.90. The van der Waals surface area contributed by atoms with E-state index in [1.165, 1.54) is 11.1 Å². The van der Waals surface area contributed by atoms with Crippen LogP contribution in [0.15, 0.2) is 36.8 Å². The normalized spacial score (nSPS) is 15.4. The Morgan fingerprint density at radius 3 is 2.71 bits per heavy atom. The van der Waals surface area contributed by atoms with E-state index in [1.54, 1.807) is 18.6 Å². The van der Waals surface area contributed by atoms with Gasteiger partial charge in [-0.15, -0.1) is 0 Å². The third kappa shape index (κ3) is 5.14. The van der Waals surface area contributed by atoms with Crippen LogP contribution in [0.2, 0.25) is 0 Å². The van der Waals surface area contributed by atoms with Gasteiger partial charge in [-0.2, -0.15) is 4.98 Å². The first-order valence-corrected chi connectivity index (χ1v) is 11.7. The molecule has 1 fully saturated rings. The van der Waals surface area contributed by atoms with E-state index in [9.17, 15) is 4.79 Å². The second kappa shape index (κ2) is 8.98. The lowest BCUT2D eigenvalue weighted by Crippen LogP contribution is -2.27. The van der Waals surface area contributed by atoms with Crippen molar-refractivity contribution in [1.29, 1.82) is 0 Å². The maximum Gasteiger partial charge on any atom is 0.256 e. The molecule has 3 heterocycles. The molecule has 0 unspecified atom stereocenters. The highest BCUT2D eigenvalue weighted by atomic mass is 16.1. The van der Waals surface area contributed by atoms with E-state index in [1.807, 2.05) is 6.07 Å². The number of carbonyl (C=O) groups is 1. The first-order chi connectivity index (χ1) is 16.3. The average Bonchev–Trinajstić information content (AvgIpc) is 3.63. The molecule has 9 nitrogen and oxygen atoms in total. The number of carbonyl (C=O) groups excluding carboxylic acids is 1. The molecule has 9 heteroatoms. The van der Waals surface area contributed by atoms with Crippen molar-refractivity contribution < 1.29 is 4.79 Å². The molecule has 2 aromatic heterocycles. The number of aromatic nitrogens is 4. The molecule has 1 saturated carbocycles. The Kier molecular flexibility index (Phi) is 5.87. The van der Waals surface area contributed by atoms with Crippen molar-refractivity contribution in [3.05, 3.63) is 59.2 Å². The van der Waals surface area contributed by atoms with Crippen molar-refractivity contribution in [1.82, 2.24) is 30.6 Å². The third-order valence-electron chi connectivity index (χ3n) is 5.94. The van der Waals surface area contributed by atoms with Crippen LogP contribution in [-0.4, -0.2) is 38.4 Å². The maximum atomic E-state index is 12.9. The van der Waals surface area contributed by atoms with Gasteiger partial charge in [0.2, 0.25) is 5.95 Å². The second-order valence-electron chi connectivity index (χ2n) is 9.90. The van der Waals surface area contributed by atoms with Gasteiger partial charge in [-0.05, 0) is 49.1 Å². The summed E-state index contributed by atoms with van der Waals surface area (Å²) in [4.78, 5) is 30.9. The Morgan fingerprint density at radius 1 is 1.06 bits per heavy atom. The molecule has 1 aliphatic carbocycles. The fourth-order valence-corrected chi connectivity index (χ4v) is 3.79. The number of fused-ring (bicyclic) bond motifs is 1. The lowest BCUT2D eigenvalue weighted by molar-refractivity contribution is 0.0951. The van der Waals surface area contributed by atoms with Gasteiger partial charge in [0.15, 0.2) is 0 Å². The summed E-state index contributed by atoms with van der Waals surface area (Å²) in [6.07, 6.45) is 7.93. The molecule has 2 aliphatic rings. The molecule has 0 saturated heterocycles. The number of benzene rings is 1. The summed E-state index contributed by atoms with van der Waals surface area (Å²) in [5, 5.41) is 12.9. The van der Waals surface area contributed by atoms with Crippen LogP contribution < -0.4 is 21.3 Å². The summed E-state index contributed by atoms with van der Waals surface area (Å²) in [7, 11) is 0. The lowest BCUT2D eigenvalue weighted by Gasteiger charge is -2.19. The fourth-order valence-electron chi connectivity index (χ4n) is 3.79. The molecular formula is C25H30N8O. The Bertz CT molecular complexity index is 1220. The van der Waals surface area contributed by atoms with Crippen molar-refractivity contribution in [2.75, 3.05) is 17.2 Å². The minimum atomic E-state index is -0.197. The number of hydrogen-bond acceptors (Lipinski definition) is 8. The predicted molar refractivity (Wildman–Crippen MR) is 132 cm³/mol. The molecule has 4 N–H and O–H groups in total. The SMILES string of the molecule is CC(C)(C)c1cncc(Nc2nc(Nc3ccc4c(c3)CCNC4)ncc2C(=O)NC2CC2)n1. The van der Waals surface area contributed by atoms with Crippen molar-refractivity contribution in [3.8, 4) is 0 Å². The van der Waals surface area contributed by atoms with Crippen LogP contribution in [0.1, 0.15) is 60.8 Å². The first kappa shape index (κ1) is 22.2. The minimum absolute atomic E-state index is 0.156. The summed E-state index contributed by atoms with van der Waals surface area (Å²) >= 11 is 0. The average molecular weight is 459 g/mol. The summed E-state index contributed by atoms with van der Waals surface area (Å²) in [6, 6.07) is 6.51. The summed E-state index contributed by atoms with van der Waals surface area (Å²) in [5.74, 6) is 1.12. The van der Waals surface area contributed by atoms with Crippen molar-refractivity contribution in [2.24, 2.45) is 0 Å². The highest BCUT2D eigenvalue weighted by molar-refractivity contribution is 5.99. The predicted octanol–water partition coefficient (Wildman–Crippen LogP) is 3.59. The molecule has 1 aromatic carbocycles. The van der Waals surface area contributed by atoms with Crippen molar-refractivity contribution in [2.45, 2.75) is 58.0 Å². The molecule has 0 radical (unpaired) electrons. The largest absolute Gasteiger partial charge is 0.349 e. The van der Waals surface area contributed by atoms with Crippen molar-refractivity contribution >= 4 is 29.2 Å². The molecule has 0 atom stereocenters. The fraction of sp³-hybridized carbons (Fsp3) is 0.400. The van der Waals surface area contributed by atoms with Gasteiger partial charge < -0.3 is 21.3 Å². The highest BCUT2D eigenvalue weighted by Crippen LogP contribution is 2.26. The number of rotatable bonds is 6. The maximum absolute atomic E-state index is 12.9. The zero-order chi connectivity index (χ0) is 23.7. The van der Waals surface area contributed by atoms with Gasteiger partial charge in [-0.3, -0.25) is 9.78 Å². The topological polar surface area (TPSA) is 117 Å². The lowest BCUT2D eigenvalue weighted by atomic mass is 9.93. The third-order valence-corrected chi connectivity index (χ3v) is 5.94. The van der Waals surface area contributed by atoms with Gasteiger partial charge in [0, 0.05) is 36.1 Å². The molecule has 1 aliphatic heterocycles. The van der Waals surface area contributed by atoms with Crippen LogP contribution in [0.25, 0.3) is 0 Å². The number of amides is 1. The Hall–Kier alpha value is -3.59. The molecule has 0 spiro atoms. The van der Waals surface area contributed by atoms with E-state index >= 15 is 0 Å². The molecule has 176 valence electrons. The standard InChI is InChI=1S/C25H30N8O/c1-25(2,3)20-13-27-14-21(31-20)32-22-19(23(34)29-17-6-7-17)12-28-24(33-22)30-18-5-4-16-11-26-9-8-15(16)10-18/h4-5,10,12-14,17,26H,6-9,11H2,1-3H3,(H,29,34)(H2,28,30,31,32,33). The Morgan fingerprint density at radius 2 is 1.91 bits per heavy atom. The van der Waals surface area contributed by atoms with E-state index in [2.05, 4.69) is 74.1 Å². The van der Waals surface area contributed by atoms with Gasteiger partial charge in [0.25, 0.3) is 5.91 Å². The van der Waals surface area contributed by atoms with Gasteiger partial charge in [-0.25, -0.2) is 9.97 Å². The van der Waals surface area contributed by atoms with E-state index in [0.717, 1.165) is 43.7 Å². The van der Waals surface area contributed by atoms with Gasteiger partial charge in [-0.1, -0.05) is 26.8 Å². The van der Waals surface area contributed by atoms with Crippen LogP contribution >= 0.6 is 0 Å². The molecular weight excluding hydrogens is 428 g/mol. The number of anilines is 4. The molecule has 34 heavy (non-hydrogen) atoms. The number of nitrogens with zero attached hydrogens (tertiary/aromatic N) is 4. The number of hydrogen-bond donors (Lipinski definition) is 4. The van der Waals surface area contributed by atoms with Gasteiger partial charge >= 0.3 is 0 Å². The zero-order valence-electron chi connectivity index (χ0n) is 19.8. The molecule has 3 aromatic rings. The summed E-state index contributed by atoms with van der Waals surface area (Å²) in [5.41, 5.74) is 4.60. The molecule has 5 rings (SSSR count). The smallest absolute Gasteiger partial charge is 0.256 e. The van der Waals surface area contributed by atoms with E-state index in [4.69, 9.17) is 0 Å². The van der Waals surface area contributed by atoms with Crippen molar-refractivity contribution in [3.63, 3.8) is 0 Å². The van der Waals surface area contributed by atoms with Gasteiger partial charge in [0.05, 0.1) is 11.9 Å². The molecule has 1 amide bonds. The minimum Gasteiger partial charge on any atom is -0.349 e. The highest BCUT2D eigenvalue weighted by Gasteiger charge is 2.26. The Labute approximate surface area is 199 Å². The molecule has 0 bridgehead atoms. The van der Waals surface area contributed by atoms with E-state index < -0.39 is 0 Å². The van der Waals surface area contributed by atoms with Crippen LogP contribution in [0.3, 0.4) is 0 Å². The van der Waals surface area contributed by atoms with E-state index in [0.29, 0.717) is 23.1 Å². The monoisotopic (exact) mass is 458 g/mol. The van der Waals surface area contributed by atoms with Crippen LogP contribution in [0, 0.1) is 0 Å². The van der Waals surface area contributed by atoms with E-state index in [-0.39, 0.29) is 17.4 Å².